The van der Waals surface area contributed by atoms with Gasteiger partial charge in [-0.1, -0.05) is 27.7 Å². The second-order valence-corrected chi connectivity index (χ2v) is 7.53. The quantitative estimate of drug-likeness (QED) is 0.797. The molecule has 2 aromatic rings. The van der Waals surface area contributed by atoms with Gasteiger partial charge in [0.15, 0.2) is 0 Å². The van der Waals surface area contributed by atoms with Crippen LogP contribution in [-0.2, 0) is 10.8 Å². The monoisotopic (exact) mass is 280 g/mol. The Morgan fingerprint density at radius 1 is 1.06 bits per heavy atom. The molecule has 0 saturated heterocycles. The molecule has 0 amide bonds. The van der Waals surface area contributed by atoms with E-state index in [1.165, 1.54) is 22.1 Å². The van der Waals surface area contributed by atoms with Gasteiger partial charge in [-0.05, 0) is 48.0 Å². The van der Waals surface area contributed by atoms with Crippen molar-refractivity contribution < 1.29 is 0 Å². The molecular formula is C14H20N2S2. The molecular weight excluding hydrogens is 260 g/mol. The molecule has 0 radical (unpaired) electrons. The summed E-state index contributed by atoms with van der Waals surface area (Å²) in [5, 5.41) is 2.06. The molecule has 0 bridgehead atoms. The molecule has 0 atom stereocenters. The van der Waals surface area contributed by atoms with Gasteiger partial charge in [-0.2, -0.15) is 4.37 Å². The number of hydrogen-bond acceptors (Lipinski definition) is 4. The van der Waals surface area contributed by atoms with Crippen LogP contribution in [0.4, 0.5) is 0 Å². The Labute approximate surface area is 117 Å². The van der Waals surface area contributed by atoms with E-state index in [2.05, 4.69) is 54.0 Å². The second kappa shape index (κ2) is 5.10. The lowest BCUT2D eigenvalue weighted by Crippen LogP contribution is -2.23. The SMILES string of the molecule is CC(C)(CCC(C)(C)c1ccns1)c1ccsn1. The highest BCUT2D eigenvalue weighted by molar-refractivity contribution is 7.05. The van der Waals surface area contributed by atoms with E-state index in [1.54, 1.807) is 11.5 Å². The summed E-state index contributed by atoms with van der Waals surface area (Å²) in [7, 11) is 0. The predicted molar refractivity (Wildman–Crippen MR) is 79.5 cm³/mol. The first-order valence-electron chi connectivity index (χ1n) is 6.24. The fourth-order valence-corrected chi connectivity index (χ4v) is 3.38. The zero-order valence-electron chi connectivity index (χ0n) is 11.4. The van der Waals surface area contributed by atoms with Crippen LogP contribution in [0, 0.1) is 0 Å². The number of hydrogen-bond donors (Lipinski definition) is 0. The van der Waals surface area contributed by atoms with Crippen molar-refractivity contribution in [3.05, 3.63) is 34.3 Å². The lowest BCUT2D eigenvalue weighted by molar-refractivity contribution is 0.374. The zero-order chi connectivity index (χ0) is 13.2. The smallest absolute Gasteiger partial charge is 0.0598 e. The van der Waals surface area contributed by atoms with Crippen LogP contribution in [-0.4, -0.2) is 8.75 Å². The van der Waals surface area contributed by atoms with E-state index in [0.717, 1.165) is 12.8 Å². The van der Waals surface area contributed by atoms with E-state index in [-0.39, 0.29) is 10.8 Å². The molecule has 2 heterocycles. The minimum Gasteiger partial charge on any atom is -0.201 e. The van der Waals surface area contributed by atoms with Crippen LogP contribution in [0.15, 0.2) is 23.7 Å². The molecule has 18 heavy (non-hydrogen) atoms. The highest BCUT2D eigenvalue weighted by Gasteiger charge is 2.29. The first-order valence-corrected chi connectivity index (χ1v) is 7.85. The van der Waals surface area contributed by atoms with E-state index in [1.807, 2.05) is 6.20 Å². The van der Waals surface area contributed by atoms with Crippen molar-refractivity contribution >= 4 is 23.1 Å². The summed E-state index contributed by atoms with van der Waals surface area (Å²) in [5.74, 6) is 0. The second-order valence-electron chi connectivity index (χ2n) is 6.03. The topological polar surface area (TPSA) is 25.8 Å². The van der Waals surface area contributed by atoms with Crippen LogP contribution in [0.1, 0.15) is 51.1 Å². The Bertz CT molecular complexity index is 424. The molecule has 0 unspecified atom stereocenters. The van der Waals surface area contributed by atoms with Gasteiger partial charge in [0.25, 0.3) is 0 Å². The van der Waals surface area contributed by atoms with Crippen LogP contribution in [0.5, 0.6) is 0 Å². The summed E-state index contributed by atoms with van der Waals surface area (Å²) in [5.41, 5.74) is 1.57. The zero-order valence-corrected chi connectivity index (χ0v) is 13.1. The summed E-state index contributed by atoms with van der Waals surface area (Å²) >= 11 is 3.15. The van der Waals surface area contributed by atoms with Gasteiger partial charge in [0.1, 0.15) is 0 Å². The lowest BCUT2D eigenvalue weighted by atomic mass is 9.77. The average Bonchev–Trinajstić information content (AvgIpc) is 2.99. The molecule has 0 aliphatic heterocycles. The molecule has 0 fully saturated rings. The summed E-state index contributed by atoms with van der Waals surface area (Å²) in [4.78, 5) is 1.37. The number of rotatable bonds is 5. The van der Waals surface area contributed by atoms with Gasteiger partial charge in [0, 0.05) is 27.3 Å². The van der Waals surface area contributed by atoms with Crippen LogP contribution in [0.3, 0.4) is 0 Å². The van der Waals surface area contributed by atoms with Crippen molar-refractivity contribution in [2.75, 3.05) is 0 Å². The molecule has 0 spiro atoms. The Morgan fingerprint density at radius 3 is 2.33 bits per heavy atom. The lowest BCUT2D eigenvalue weighted by Gasteiger charge is -2.29. The van der Waals surface area contributed by atoms with Gasteiger partial charge in [0.05, 0.1) is 5.69 Å². The minimum atomic E-state index is 0.155. The Morgan fingerprint density at radius 2 is 1.78 bits per heavy atom. The summed E-state index contributed by atoms with van der Waals surface area (Å²) in [6, 6.07) is 4.28. The third-order valence-electron chi connectivity index (χ3n) is 3.61. The van der Waals surface area contributed by atoms with Crippen molar-refractivity contribution in [1.29, 1.82) is 0 Å². The molecule has 98 valence electrons. The van der Waals surface area contributed by atoms with E-state index < -0.39 is 0 Å². The van der Waals surface area contributed by atoms with Crippen LogP contribution in [0.2, 0.25) is 0 Å². The van der Waals surface area contributed by atoms with Crippen molar-refractivity contribution in [3.63, 3.8) is 0 Å². The maximum Gasteiger partial charge on any atom is 0.0598 e. The first kappa shape index (κ1) is 13.7. The molecule has 0 N–H and O–H groups in total. The van der Waals surface area contributed by atoms with Gasteiger partial charge in [-0.15, -0.1) is 0 Å². The van der Waals surface area contributed by atoms with Crippen molar-refractivity contribution in [1.82, 2.24) is 8.75 Å². The normalized spacial score (nSPS) is 12.9. The third-order valence-corrected chi connectivity index (χ3v) is 5.28. The number of aromatic nitrogens is 2. The van der Waals surface area contributed by atoms with E-state index >= 15 is 0 Å². The maximum atomic E-state index is 4.48. The van der Waals surface area contributed by atoms with E-state index in [9.17, 15) is 0 Å². The van der Waals surface area contributed by atoms with E-state index in [4.69, 9.17) is 0 Å². The molecule has 0 saturated carbocycles. The Balaban J connectivity index is 2.03. The third kappa shape index (κ3) is 2.98. The maximum absolute atomic E-state index is 4.48. The first-order chi connectivity index (χ1) is 8.42. The fraction of sp³-hybridized carbons (Fsp3) is 0.571. The van der Waals surface area contributed by atoms with E-state index in [0.29, 0.717) is 0 Å². The molecule has 2 rings (SSSR count). The largest absolute Gasteiger partial charge is 0.201 e. The molecule has 0 aliphatic carbocycles. The van der Waals surface area contributed by atoms with Crippen molar-refractivity contribution in [2.45, 2.75) is 51.4 Å². The fourth-order valence-electron chi connectivity index (χ4n) is 2.00. The Kier molecular flexibility index (Phi) is 3.87. The van der Waals surface area contributed by atoms with Crippen LogP contribution >= 0.6 is 23.1 Å². The molecule has 2 nitrogen and oxygen atoms in total. The summed E-state index contributed by atoms with van der Waals surface area (Å²) in [6.07, 6.45) is 4.19. The Hall–Kier alpha value is -0.740. The highest BCUT2D eigenvalue weighted by Crippen LogP contribution is 2.36. The highest BCUT2D eigenvalue weighted by atomic mass is 32.1. The van der Waals surface area contributed by atoms with Crippen molar-refractivity contribution in [2.24, 2.45) is 0 Å². The summed E-state index contributed by atoms with van der Waals surface area (Å²) in [6.45, 7) is 9.17. The van der Waals surface area contributed by atoms with Gasteiger partial charge >= 0.3 is 0 Å². The summed E-state index contributed by atoms with van der Waals surface area (Å²) < 4.78 is 8.70. The van der Waals surface area contributed by atoms with Gasteiger partial charge in [-0.3, -0.25) is 0 Å². The molecule has 0 aliphatic rings. The standard InChI is InChI=1S/C14H20N2S2/c1-13(2,11-6-10-17-16-11)7-8-14(3,4)12-5-9-15-18-12/h5-6,9-10H,7-8H2,1-4H3. The minimum absolute atomic E-state index is 0.155. The van der Waals surface area contributed by atoms with Gasteiger partial charge in [0.2, 0.25) is 0 Å². The van der Waals surface area contributed by atoms with Crippen LogP contribution in [0.25, 0.3) is 0 Å². The van der Waals surface area contributed by atoms with Gasteiger partial charge in [-0.25, -0.2) is 4.37 Å². The molecule has 2 aromatic heterocycles. The van der Waals surface area contributed by atoms with Crippen molar-refractivity contribution in [3.8, 4) is 0 Å². The number of nitrogens with zero attached hydrogens (tertiary/aromatic N) is 2. The predicted octanol–water partition coefficient (Wildman–Crippen LogP) is 4.64. The van der Waals surface area contributed by atoms with Crippen LogP contribution < -0.4 is 0 Å². The molecule has 0 aromatic carbocycles. The van der Waals surface area contributed by atoms with Gasteiger partial charge < -0.3 is 0 Å². The average molecular weight is 280 g/mol. The molecule has 4 heteroatoms.